The Kier molecular flexibility index (Phi) is 2.75. The third-order valence-electron chi connectivity index (χ3n) is 2.37. The van der Waals surface area contributed by atoms with Gasteiger partial charge in [-0.1, -0.05) is 47.6 Å². The molecular formula is C14H17N2+. The average molecular weight is 213 g/mol. The Morgan fingerprint density at radius 2 is 1.62 bits per heavy atom. The van der Waals surface area contributed by atoms with Gasteiger partial charge in [0.05, 0.1) is 27.4 Å². The molecule has 0 fully saturated rings. The van der Waals surface area contributed by atoms with E-state index in [4.69, 9.17) is 0 Å². The molecule has 0 N–H and O–H groups in total. The summed E-state index contributed by atoms with van der Waals surface area (Å²) >= 11 is 0. The molecule has 0 bridgehead atoms. The molecule has 82 valence electrons. The fourth-order valence-electron chi connectivity index (χ4n) is 1.60. The van der Waals surface area contributed by atoms with Crippen LogP contribution in [0.5, 0.6) is 0 Å². The van der Waals surface area contributed by atoms with E-state index >= 15 is 0 Å². The molecule has 0 atom stereocenters. The Hall–Kier alpha value is -1.67. The maximum absolute atomic E-state index is 4.49. The molecule has 0 aliphatic heterocycles. The van der Waals surface area contributed by atoms with Gasteiger partial charge >= 0.3 is 0 Å². The maximum Gasteiger partial charge on any atom is 0.0923 e. The molecule has 2 heteroatoms. The van der Waals surface area contributed by atoms with Crippen LogP contribution in [0.15, 0.2) is 47.6 Å². The van der Waals surface area contributed by atoms with Gasteiger partial charge in [-0.25, -0.2) is 4.59 Å². The molecule has 2 aromatic carbocycles. The van der Waals surface area contributed by atoms with Crippen molar-refractivity contribution in [3.63, 3.8) is 0 Å². The minimum absolute atomic E-state index is 0.587. The first-order valence-corrected chi connectivity index (χ1v) is 5.41. The molecule has 0 heterocycles. The summed E-state index contributed by atoms with van der Waals surface area (Å²) in [5.74, 6) is 0. The highest BCUT2D eigenvalue weighted by molar-refractivity contribution is 5.99. The Labute approximate surface area is 96.4 Å². The van der Waals surface area contributed by atoms with Crippen molar-refractivity contribution in [3.05, 3.63) is 48.0 Å². The monoisotopic (exact) mass is 213 g/mol. The lowest BCUT2D eigenvalue weighted by atomic mass is 10.1. The van der Waals surface area contributed by atoms with E-state index in [-0.39, 0.29) is 0 Å². The van der Waals surface area contributed by atoms with E-state index in [1.165, 1.54) is 16.3 Å². The zero-order valence-corrected chi connectivity index (χ0v) is 10.0. The van der Waals surface area contributed by atoms with E-state index in [1.807, 2.05) is 27.4 Å². The lowest BCUT2D eigenvalue weighted by molar-refractivity contribution is -0.876. The van der Waals surface area contributed by atoms with Crippen LogP contribution in [-0.2, 0) is 0 Å². The molecule has 0 unspecified atom stereocenters. The summed E-state index contributed by atoms with van der Waals surface area (Å²) in [6.07, 6.45) is 1.95. The minimum Gasteiger partial charge on any atom is -0.205 e. The number of rotatable bonds is 2. The summed E-state index contributed by atoms with van der Waals surface area (Å²) in [4.78, 5) is 0. The van der Waals surface area contributed by atoms with E-state index in [2.05, 4.69) is 47.6 Å². The SMILES string of the molecule is C[N+](C)(C)/N=C/c1cccc2ccccc12. The lowest BCUT2D eigenvalue weighted by Crippen LogP contribution is -2.27. The lowest BCUT2D eigenvalue weighted by Gasteiger charge is -2.14. The first kappa shape index (κ1) is 10.8. The fraction of sp³-hybridized carbons (Fsp3) is 0.214. The van der Waals surface area contributed by atoms with Crippen molar-refractivity contribution in [1.82, 2.24) is 0 Å². The summed E-state index contributed by atoms with van der Waals surface area (Å²) < 4.78 is 0.587. The van der Waals surface area contributed by atoms with Crippen LogP contribution in [0.4, 0.5) is 0 Å². The average Bonchev–Trinajstić information content (AvgIpc) is 2.25. The van der Waals surface area contributed by atoms with E-state index in [0.717, 1.165) is 0 Å². The highest BCUT2D eigenvalue weighted by Gasteiger charge is 2.03. The first-order valence-electron chi connectivity index (χ1n) is 5.41. The van der Waals surface area contributed by atoms with Gasteiger partial charge in [0.15, 0.2) is 0 Å². The van der Waals surface area contributed by atoms with Gasteiger partial charge in [0.1, 0.15) is 0 Å². The predicted octanol–water partition coefficient (Wildman–Crippen LogP) is 2.88. The van der Waals surface area contributed by atoms with Crippen LogP contribution < -0.4 is 0 Å². The number of quaternary nitrogens is 1. The van der Waals surface area contributed by atoms with Gasteiger partial charge in [0.2, 0.25) is 0 Å². The molecule has 2 aromatic rings. The molecule has 2 nitrogen and oxygen atoms in total. The molecule has 0 amide bonds. The number of hydrogen-bond acceptors (Lipinski definition) is 1. The summed E-state index contributed by atoms with van der Waals surface area (Å²) in [6.45, 7) is 0. The van der Waals surface area contributed by atoms with Crippen molar-refractivity contribution in [2.45, 2.75) is 0 Å². The van der Waals surface area contributed by atoms with Gasteiger partial charge in [0, 0.05) is 5.56 Å². The number of benzene rings is 2. The van der Waals surface area contributed by atoms with Crippen molar-refractivity contribution >= 4 is 17.0 Å². The molecule has 0 radical (unpaired) electrons. The topological polar surface area (TPSA) is 12.4 Å². The van der Waals surface area contributed by atoms with Crippen molar-refractivity contribution < 1.29 is 4.59 Å². The van der Waals surface area contributed by atoms with E-state index in [9.17, 15) is 0 Å². The summed E-state index contributed by atoms with van der Waals surface area (Å²) in [5.41, 5.74) is 1.17. The van der Waals surface area contributed by atoms with Gasteiger partial charge in [-0.2, -0.15) is 0 Å². The van der Waals surface area contributed by atoms with E-state index < -0.39 is 0 Å². The molecular weight excluding hydrogens is 196 g/mol. The number of hydrogen-bond donors (Lipinski definition) is 0. The summed E-state index contributed by atoms with van der Waals surface area (Å²) in [5, 5.41) is 7.00. The normalized spacial score (nSPS) is 12.4. The maximum atomic E-state index is 4.49. The smallest absolute Gasteiger partial charge is 0.0923 e. The standard InChI is InChI=1S/C14H17N2/c1-16(2,3)15-11-13-9-6-8-12-7-4-5-10-14(12)13/h4-11H,1-3H3/q+1/b15-11+. The first-order chi connectivity index (χ1) is 7.56. The number of nitrogens with zero attached hydrogens (tertiary/aromatic N) is 2. The van der Waals surface area contributed by atoms with Crippen molar-refractivity contribution in [1.29, 1.82) is 0 Å². The van der Waals surface area contributed by atoms with Crippen molar-refractivity contribution in [2.24, 2.45) is 5.10 Å². The van der Waals surface area contributed by atoms with Gasteiger partial charge in [-0.3, -0.25) is 0 Å². The molecule has 0 aliphatic rings. The van der Waals surface area contributed by atoms with Crippen LogP contribution in [-0.4, -0.2) is 31.9 Å². The van der Waals surface area contributed by atoms with Crippen LogP contribution in [0.1, 0.15) is 5.56 Å². The van der Waals surface area contributed by atoms with E-state index in [0.29, 0.717) is 4.59 Å². The van der Waals surface area contributed by atoms with Crippen LogP contribution >= 0.6 is 0 Å². The minimum atomic E-state index is 0.587. The third-order valence-corrected chi connectivity index (χ3v) is 2.37. The fourth-order valence-corrected chi connectivity index (χ4v) is 1.60. The van der Waals surface area contributed by atoms with Gasteiger partial charge in [-0.15, -0.1) is 0 Å². The van der Waals surface area contributed by atoms with Crippen LogP contribution in [0.3, 0.4) is 0 Å². The van der Waals surface area contributed by atoms with Crippen LogP contribution in [0, 0.1) is 0 Å². The zero-order chi connectivity index (χ0) is 11.6. The Morgan fingerprint density at radius 1 is 0.938 bits per heavy atom. The Bertz CT molecular complexity index is 516. The third kappa shape index (κ3) is 2.47. The Morgan fingerprint density at radius 3 is 2.38 bits per heavy atom. The summed E-state index contributed by atoms with van der Waals surface area (Å²) in [7, 11) is 6.13. The second-order valence-electron chi connectivity index (χ2n) is 4.75. The molecule has 0 aromatic heterocycles. The largest absolute Gasteiger partial charge is 0.205 e. The number of fused-ring (bicyclic) bond motifs is 1. The quantitative estimate of drug-likeness (QED) is 0.413. The highest BCUT2D eigenvalue weighted by Crippen LogP contribution is 2.16. The van der Waals surface area contributed by atoms with Crippen molar-refractivity contribution in [3.8, 4) is 0 Å². The van der Waals surface area contributed by atoms with Crippen LogP contribution in [0.25, 0.3) is 10.8 Å². The highest BCUT2D eigenvalue weighted by atomic mass is 15.6. The van der Waals surface area contributed by atoms with Crippen LogP contribution in [0.2, 0.25) is 0 Å². The second kappa shape index (κ2) is 4.06. The molecule has 16 heavy (non-hydrogen) atoms. The summed E-state index contributed by atoms with van der Waals surface area (Å²) in [6, 6.07) is 14.7. The van der Waals surface area contributed by atoms with Crippen molar-refractivity contribution in [2.75, 3.05) is 21.1 Å². The van der Waals surface area contributed by atoms with Gasteiger partial charge in [0.25, 0.3) is 0 Å². The van der Waals surface area contributed by atoms with E-state index in [1.54, 1.807) is 0 Å². The predicted molar refractivity (Wildman–Crippen MR) is 69.6 cm³/mol. The zero-order valence-electron chi connectivity index (χ0n) is 10.0. The molecule has 0 aliphatic carbocycles. The molecule has 0 saturated carbocycles. The Balaban J connectivity index is 2.49. The van der Waals surface area contributed by atoms with Gasteiger partial charge < -0.3 is 0 Å². The molecule has 0 spiro atoms. The molecule has 0 saturated heterocycles. The second-order valence-corrected chi connectivity index (χ2v) is 4.75. The van der Waals surface area contributed by atoms with Gasteiger partial charge in [-0.05, 0) is 10.8 Å². The molecule has 2 rings (SSSR count).